The molecule has 0 aliphatic heterocycles. The van der Waals surface area contributed by atoms with Crippen LogP contribution in [0, 0.1) is 0 Å². The molecule has 0 aliphatic rings. The molecule has 0 unspecified atom stereocenters. The summed E-state index contributed by atoms with van der Waals surface area (Å²) in [6, 6.07) is 0. The zero-order chi connectivity index (χ0) is 12.5. The molecule has 1 rings (SSSR count). The van der Waals surface area contributed by atoms with Crippen LogP contribution >= 0.6 is 11.3 Å². The summed E-state index contributed by atoms with van der Waals surface area (Å²) in [5, 5.41) is 13.1. The van der Waals surface area contributed by atoms with Crippen molar-refractivity contribution in [2.24, 2.45) is 0 Å². The lowest BCUT2D eigenvalue weighted by Gasteiger charge is -2.16. The maximum absolute atomic E-state index is 8.66. The molecule has 2 N–H and O–H groups in total. The van der Waals surface area contributed by atoms with Gasteiger partial charge in [0, 0.05) is 37.3 Å². The first-order valence-electron chi connectivity index (χ1n) is 6.33. The Morgan fingerprint density at radius 2 is 2.12 bits per heavy atom. The van der Waals surface area contributed by atoms with E-state index in [2.05, 4.69) is 29.0 Å². The minimum Gasteiger partial charge on any atom is -0.396 e. The third-order valence-electron chi connectivity index (χ3n) is 2.64. The van der Waals surface area contributed by atoms with Crippen LogP contribution in [0.2, 0.25) is 0 Å². The maximum Gasteiger partial charge on any atom is 0.185 e. The second-order valence-electron chi connectivity index (χ2n) is 3.89. The first kappa shape index (κ1) is 14.4. The predicted molar refractivity (Wildman–Crippen MR) is 73.7 cm³/mol. The number of hydrogen-bond donors (Lipinski definition) is 2. The van der Waals surface area contributed by atoms with Crippen LogP contribution in [0.15, 0.2) is 6.20 Å². The van der Waals surface area contributed by atoms with Crippen molar-refractivity contribution in [3.63, 3.8) is 0 Å². The molecule has 1 heterocycles. The number of thiazole rings is 1. The molecule has 98 valence electrons. The highest BCUT2D eigenvalue weighted by molar-refractivity contribution is 7.15. The van der Waals surface area contributed by atoms with E-state index in [1.54, 1.807) is 11.3 Å². The molecular formula is C12H23N3OS. The van der Waals surface area contributed by atoms with Crippen LogP contribution in [-0.2, 0) is 6.54 Å². The Labute approximate surface area is 108 Å². The van der Waals surface area contributed by atoms with Crippen LogP contribution in [0.1, 0.15) is 31.6 Å². The minimum absolute atomic E-state index is 0.286. The fraction of sp³-hybridized carbons (Fsp3) is 0.750. The number of aliphatic hydroxyl groups is 1. The number of aromatic nitrogens is 1. The molecule has 0 fully saturated rings. The molecule has 5 heteroatoms. The van der Waals surface area contributed by atoms with Crippen molar-refractivity contribution in [2.75, 3.05) is 31.1 Å². The quantitative estimate of drug-likeness (QED) is 0.663. The highest BCUT2D eigenvalue weighted by Crippen LogP contribution is 2.21. The summed E-state index contributed by atoms with van der Waals surface area (Å²) in [6.45, 7) is 8.44. The lowest BCUT2D eigenvalue weighted by molar-refractivity contribution is 0.283. The number of anilines is 1. The monoisotopic (exact) mass is 257 g/mol. The number of rotatable bonds is 9. The summed E-state index contributed by atoms with van der Waals surface area (Å²) in [4.78, 5) is 7.98. The number of unbranched alkanes of at least 4 members (excludes halogenated alkanes) is 1. The fourth-order valence-corrected chi connectivity index (χ4v) is 2.60. The van der Waals surface area contributed by atoms with Crippen molar-refractivity contribution >= 4 is 16.5 Å². The average molecular weight is 257 g/mol. The summed E-state index contributed by atoms with van der Waals surface area (Å²) in [6.07, 6.45) is 3.86. The van der Waals surface area contributed by atoms with Gasteiger partial charge in [0.15, 0.2) is 5.13 Å². The summed E-state index contributed by atoms with van der Waals surface area (Å²) >= 11 is 1.76. The zero-order valence-corrected chi connectivity index (χ0v) is 11.6. The number of nitrogens with zero attached hydrogens (tertiary/aromatic N) is 2. The molecule has 0 spiro atoms. The number of aliphatic hydroxyl groups excluding tert-OH is 1. The molecular weight excluding hydrogens is 234 g/mol. The van der Waals surface area contributed by atoms with Gasteiger partial charge in [0.05, 0.1) is 0 Å². The van der Waals surface area contributed by atoms with Gasteiger partial charge in [-0.2, -0.15) is 0 Å². The Kier molecular flexibility index (Phi) is 7.16. The van der Waals surface area contributed by atoms with E-state index in [-0.39, 0.29) is 6.61 Å². The van der Waals surface area contributed by atoms with E-state index in [1.165, 1.54) is 4.88 Å². The molecule has 0 saturated carbocycles. The van der Waals surface area contributed by atoms with Gasteiger partial charge >= 0.3 is 0 Å². The standard InChI is InChI=1S/C12H23N3OS/c1-3-15(4-2)12-14-10-11(17-12)9-13-7-5-6-8-16/h10,13,16H,3-9H2,1-2H3. The third-order valence-corrected chi connectivity index (χ3v) is 3.69. The van der Waals surface area contributed by atoms with E-state index >= 15 is 0 Å². The Hall–Kier alpha value is -0.650. The van der Waals surface area contributed by atoms with E-state index in [0.29, 0.717) is 0 Å². The van der Waals surface area contributed by atoms with Crippen LogP contribution in [0.3, 0.4) is 0 Å². The highest BCUT2D eigenvalue weighted by Gasteiger charge is 2.06. The van der Waals surface area contributed by atoms with Crippen molar-refractivity contribution in [1.29, 1.82) is 0 Å². The molecule has 0 aliphatic carbocycles. The van der Waals surface area contributed by atoms with Crippen molar-refractivity contribution in [2.45, 2.75) is 33.2 Å². The van der Waals surface area contributed by atoms with Crippen molar-refractivity contribution in [3.05, 3.63) is 11.1 Å². The van der Waals surface area contributed by atoms with Gasteiger partial charge in [-0.1, -0.05) is 0 Å². The number of hydrogen-bond acceptors (Lipinski definition) is 5. The van der Waals surface area contributed by atoms with Gasteiger partial charge in [-0.05, 0) is 33.2 Å². The van der Waals surface area contributed by atoms with E-state index in [4.69, 9.17) is 5.11 Å². The predicted octanol–water partition coefficient (Wildman–Crippen LogP) is 1.85. The van der Waals surface area contributed by atoms with E-state index in [9.17, 15) is 0 Å². The molecule has 0 bridgehead atoms. The third kappa shape index (κ3) is 5.02. The van der Waals surface area contributed by atoms with Gasteiger partial charge in [0.2, 0.25) is 0 Å². The van der Waals surface area contributed by atoms with Gasteiger partial charge in [-0.25, -0.2) is 4.98 Å². The maximum atomic E-state index is 8.66. The van der Waals surface area contributed by atoms with Crippen LogP contribution in [0.4, 0.5) is 5.13 Å². The first-order chi connectivity index (χ1) is 8.31. The Morgan fingerprint density at radius 1 is 1.35 bits per heavy atom. The molecule has 1 aromatic rings. The molecule has 0 aromatic carbocycles. The van der Waals surface area contributed by atoms with Crippen LogP contribution in [0.25, 0.3) is 0 Å². The van der Waals surface area contributed by atoms with Crippen LogP contribution in [-0.4, -0.2) is 36.3 Å². The highest BCUT2D eigenvalue weighted by atomic mass is 32.1. The normalized spacial score (nSPS) is 10.8. The van der Waals surface area contributed by atoms with Crippen LogP contribution in [0.5, 0.6) is 0 Å². The molecule has 4 nitrogen and oxygen atoms in total. The molecule has 17 heavy (non-hydrogen) atoms. The average Bonchev–Trinajstić information content (AvgIpc) is 2.79. The molecule has 1 aromatic heterocycles. The van der Waals surface area contributed by atoms with Gasteiger partial charge in [0.1, 0.15) is 0 Å². The lowest BCUT2D eigenvalue weighted by atomic mass is 10.3. The molecule has 0 saturated heterocycles. The summed E-state index contributed by atoms with van der Waals surface area (Å²) in [5.74, 6) is 0. The molecule has 0 amide bonds. The Balaban J connectivity index is 2.30. The first-order valence-corrected chi connectivity index (χ1v) is 7.14. The van der Waals surface area contributed by atoms with Gasteiger partial charge in [0.25, 0.3) is 0 Å². The minimum atomic E-state index is 0.286. The Morgan fingerprint density at radius 3 is 2.76 bits per heavy atom. The summed E-state index contributed by atoms with van der Waals surface area (Å²) < 4.78 is 0. The van der Waals surface area contributed by atoms with E-state index in [0.717, 1.165) is 44.2 Å². The van der Waals surface area contributed by atoms with Crippen molar-refractivity contribution in [3.8, 4) is 0 Å². The zero-order valence-electron chi connectivity index (χ0n) is 10.8. The van der Waals surface area contributed by atoms with Crippen molar-refractivity contribution in [1.82, 2.24) is 10.3 Å². The second kappa shape index (κ2) is 8.44. The van der Waals surface area contributed by atoms with Gasteiger partial charge < -0.3 is 15.3 Å². The van der Waals surface area contributed by atoms with Gasteiger partial charge in [-0.15, -0.1) is 11.3 Å². The summed E-state index contributed by atoms with van der Waals surface area (Å²) in [5.41, 5.74) is 0. The van der Waals surface area contributed by atoms with E-state index in [1.807, 2.05) is 6.20 Å². The molecule has 0 radical (unpaired) electrons. The van der Waals surface area contributed by atoms with Crippen LogP contribution < -0.4 is 10.2 Å². The smallest absolute Gasteiger partial charge is 0.185 e. The SMILES string of the molecule is CCN(CC)c1ncc(CNCCCCO)s1. The van der Waals surface area contributed by atoms with Crippen molar-refractivity contribution < 1.29 is 5.11 Å². The summed E-state index contributed by atoms with van der Waals surface area (Å²) in [7, 11) is 0. The fourth-order valence-electron chi connectivity index (χ4n) is 1.59. The largest absolute Gasteiger partial charge is 0.396 e. The van der Waals surface area contributed by atoms with E-state index < -0.39 is 0 Å². The molecule has 0 atom stereocenters. The van der Waals surface area contributed by atoms with Gasteiger partial charge in [-0.3, -0.25) is 0 Å². The Bertz CT molecular complexity index is 300. The topological polar surface area (TPSA) is 48.4 Å². The second-order valence-corrected chi connectivity index (χ2v) is 4.98. The lowest BCUT2D eigenvalue weighted by Crippen LogP contribution is -2.21. The number of nitrogens with one attached hydrogen (secondary N) is 1.